The first-order valence-electron chi connectivity index (χ1n) is 13.5. The topological polar surface area (TPSA) is 77.0 Å². The minimum Gasteiger partial charge on any atom is -0.489 e. The predicted molar refractivity (Wildman–Crippen MR) is 160 cm³/mol. The lowest BCUT2D eigenvalue weighted by atomic mass is 10.00. The fraction of sp³-hybridized carbons (Fsp3) is 0.242. The first kappa shape index (κ1) is 28.8. The van der Waals surface area contributed by atoms with E-state index in [0.29, 0.717) is 41.2 Å². The number of benzene rings is 4. The minimum absolute atomic E-state index is 0.0528. The Hall–Kier alpha value is -3.71. The number of hydrogen-bond donors (Lipinski definition) is 2. The zero-order valence-corrected chi connectivity index (χ0v) is 24.1. The summed E-state index contributed by atoms with van der Waals surface area (Å²) < 4.78 is 18.2. The number of carboxylic acid groups (broad SMARTS) is 1. The lowest BCUT2D eigenvalue weighted by Gasteiger charge is -2.28. The smallest absolute Gasteiger partial charge is 0.321 e. The lowest BCUT2D eigenvalue weighted by Crippen LogP contribution is -2.40. The second-order valence-corrected chi connectivity index (χ2v) is 10.8. The molecular weight excluding hydrogens is 561 g/mol. The number of nitrogens with one attached hydrogen (secondary N) is 1. The van der Waals surface area contributed by atoms with E-state index in [4.69, 9.17) is 37.4 Å². The Kier molecular flexibility index (Phi) is 9.35. The van der Waals surface area contributed by atoms with Crippen LogP contribution in [-0.2, 0) is 17.8 Å². The number of rotatable bonds is 11. The van der Waals surface area contributed by atoms with Crippen LogP contribution in [0.15, 0.2) is 91.0 Å². The molecule has 2 N–H and O–H groups in total. The molecule has 0 saturated heterocycles. The van der Waals surface area contributed by atoms with Crippen molar-refractivity contribution in [1.29, 1.82) is 0 Å². The van der Waals surface area contributed by atoms with Crippen molar-refractivity contribution in [2.45, 2.75) is 44.6 Å². The van der Waals surface area contributed by atoms with Gasteiger partial charge in [0.1, 0.15) is 25.0 Å². The van der Waals surface area contributed by atoms with E-state index < -0.39 is 12.0 Å². The third kappa shape index (κ3) is 7.33. The third-order valence-corrected chi connectivity index (χ3v) is 7.80. The van der Waals surface area contributed by atoms with Gasteiger partial charge in [0.05, 0.1) is 10.0 Å². The van der Waals surface area contributed by atoms with Crippen molar-refractivity contribution in [2.75, 3.05) is 6.61 Å². The van der Waals surface area contributed by atoms with Crippen LogP contribution in [0.1, 0.15) is 47.7 Å². The molecular formula is C33H31Cl2NO5. The summed E-state index contributed by atoms with van der Waals surface area (Å²) in [6.45, 7) is 2.76. The van der Waals surface area contributed by atoms with E-state index in [1.807, 2.05) is 85.8 Å². The molecule has 0 aliphatic carbocycles. The molecule has 6 nitrogen and oxygen atoms in total. The van der Waals surface area contributed by atoms with Crippen LogP contribution in [0.25, 0.3) is 0 Å². The lowest BCUT2D eigenvalue weighted by molar-refractivity contribution is -0.139. The van der Waals surface area contributed by atoms with Crippen LogP contribution in [0, 0.1) is 0 Å². The molecule has 0 saturated carbocycles. The maximum Gasteiger partial charge on any atom is 0.321 e. The zero-order valence-electron chi connectivity index (χ0n) is 22.6. The van der Waals surface area contributed by atoms with Crippen molar-refractivity contribution in [3.8, 4) is 17.2 Å². The molecule has 212 valence electrons. The second-order valence-electron chi connectivity index (χ2n) is 9.94. The first-order chi connectivity index (χ1) is 19.9. The normalized spacial score (nSPS) is 15.6. The van der Waals surface area contributed by atoms with Gasteiger partial charge < -0.3 is 19.3 Å². The maximum absolute atomic E-state index is 12.1. The first-order valence-corrected chi connectivity index (χ1v) is 14.3. The molecule has 0 amide bonds. The molecule has 0 fully saturated rings. The second kappa shape index (κ2) is 13.3. The van der Waals surface area contributed by atoms with E-state index in [0.717, 1.165) is 34.4 Å². The minimum atomic E-state index is -0.890. The van der Waals surface area contributed by atoms with Crippen molar-refractivity contribution in [3.63, 3.8) is 0 Å². The summed E-state index contributed by atoms with van der Waals surface area (Å²) in [4.78, 5) is 12.1. The molecule has 2 unspecified atom stereocenters. The molecule has 5 rings (SSSR count). The van der Waals surface area contributed by atoms with Crippen LogP contribution < -0.4 is 19.5 Å². The van der Waals surface area contributed by atoms with E-state index in [9.17, 15) is 9.90 Å². The number of fused-ring (bicyclic) bond motifs is 1. The standard InChI is InChI=1S/C33H31Cl2NO5/c1-2-28(23-6-4-3-5-7-23)36-29(33(37)38)17-21-9-15-30-31(18-21)40-20-32(41-30)24-10-12-25(13-11-24)39-19-22-8-14-26(34)27(35)16-22/h3-16,18,28-29,32,36H,2,17,19-20H2,1H3,(H,37,38)/t28?,29?,32-/m1/s1. The highest BCUT2D eigenvalue weighted by Gasteiger charge is 2.26. The van der Waals surface area contributed by atoms with Crippen molar-refractivity contribution in [1.82, 2.24) is 5.32 Å². The van der Waals surface area contributed by atoms with Gasteiger partial charge >= 0.3 is 5.97 Å². The van der Waals surface area contributed by atoms with Crippen molar-refractivity contribution in [3.05, 3.63) is 123 Å². The molecule has 0 aromatic heterocycles. The highest BCUT2D eigenvalue weighted by atomic mass is 35.5. The average Bonchev–Trinajstić information content (AvgIpc) is 3.00. The molecule has 4 aromatic rings. The molecule has 0 radical (unpaired) electrons. The van der Waals surface area contributed by atoms with Crippen molar-refractivity contribution in [2.24, 2.45) is 0 Å². The molecule has 1 aliphatic rings. The van der Waals surface area contributed by atoms with Gasteiger partial charge in [0.25, 0.3) is 0 Å². The summed E-state index contributed by atoms with van der Waals surface area (Å²) in [5.74, 6) is 1.07. The molecule has 8 heteroatoms. The van der Waals surface area contributed by atoms with Gasteiger partial charge in [-0.3, -0.25) is 10.1 Å². The Morgan fingerprint density at radius 1 is 0.951 bits per heavy atom. The van der Waals surface area contributed by atoms with Gasteiger partial charge in [0.2, 0.25) is 0 Å². The number of carboxylic acids is 1. The maximum atomic E-state index is 12.1. The SMILES string of the molecule is CCC(NC(Cc1ccc2c(c1)OC[C@H](c1ccc(OCc3ccc(Cl)c(Cl)c3)cc1)O2)C(=O)O)c1ccccc1. The summed E-state index contributed by atoms with van der Waals surface area (Å²) in [6, 6.07) is 27.8. The van der Waals surface area contributed by atoms with Gasteiger partial charge in [-0.05, 0) is 71.5 Å². The third-order valence-electron chi connectivity index (χ3n) is 7.06. The average molecular weight is 593 g/mol. The summed E-state index contributed by atoms with van der Waals surface area (Å²) in [7, 11) is 0. The van der Waals surface area contributed by atoms with Gasteiger partial charge in [0, 0.05) is 6.04 Å². The zero-order chi connectivity index (χ0) is 28.8. The predicted octanol–water partition coefficient (Wildman–Crippen LogP) is 7.82. The van der Waals surface area contributed by atoms with Crippen LogP contribution in [-0.4, -0.2) is 23.7 Å². The Morgan fingerprint density at radius 2 is 1.71 bits per heavy atom. The molecule has 1 heterocycles. The Morgan fingerprint density at radius 3 is 2.41 bits per heavy atom. The quantitative estimate of drug-likeness (QED) is 0.185. The monoisotopic (exact) mass is 591 g/mol. The summed E-state index contributed by atoms with van der Waals surface area (Å²) in [6.07, 6.45) is 0.824. The van der Waals surface area contributed by atoms with Gasteiger partial charge in [0.15, 0.2) is 17.6 Å². The van der Waals surface area contributed by atoms with Crippen LogP contribution in [0.4, 0.5) is 0 Å². The van der Waals surface area contributed by atoms with E-state index in [-0.39, 0.29) is 12.1 Å². The van der Waals surface area contributed by atoms with Crippen LogP contribution in [0.2, 0.25) is 10.0 Å². The number of ether oxygens (including phenoxy) is 3. The fourth-order valence-electron chi connectivity index (χ4n) is 4.81. The van der Waals surface area contributed by atoms with Crippen LogP contribution in [0.3, 0.4) is 0 Å². The number of halogens is 2. The number of aliphatic carboxylic acids is 1. The Labute approximate surface area is 249 Å². The Bertz CT molecular complexity index is 1480. The van der Waals surface area contributed by atoms with Gasteiger partial charge in [-0.1, -0.05) is 84.7 Å². The molecule has 4 aromatic carbocycles. The van der Waals surface area contributed by atoms with E-state index in [1.165, 1.54) is 0 Å². The van der Waals surface area contributed by atoms with Crippen molar-refractivity contribution >= 4 is 29.2 Å². The molecule has 1 aliphatic heterocycles. The largest absolute Gasteiger partial charge is 0.489 e. The van der Waals surface area contributed by atoms with Gasteiger partial charge in [-0.15, -0.1) is 0 Å². The van der Waals surface area contributed by atoms with E-state index in [2.05, 4.69) is 5.32 Å². The summed E-state index contributed by atoms with van der Waals surface area (Å²) in [5, 5.41) is 14.2. The molecule has 0 bridgehead atoms. The van der Waals surface area contributed by atoms with Gasteiger partial charge in [-0.25, -0.2) is 0 Å². The Balaban J connectivity index is 1.19. The highest BCUT2D eigenvalue weighted by molar-refractivity contribution is 6.42. The number of hydrogen-bond acceptors (Lipinski definition) is 5. The summed E-state index contributed by atoms with van der Waals surface area (Å²) >= 11 is 12.1. The molecule has 0 spiro atoms. The molecule has 3 atom stereocenters. The van der Waals surface area contributed by atoms with E-state index in [1.54, 1.807) is 12.1 Å². The summed E-state index contributed by atoms with van der Waals surface area (Å²) in [5.41, 5.74) is 3.82. The van der Waals surface area contributed by atoms with Crippen molar-refractivity contribution < 1.29 is 24.1 Å². The van der Waals surface area contributed by atoms with Gasteiger partial charge in [-0.2, -0.15) is 0 Å². The fourth-order valence-corrected chi connectivity index (χ4v) is 5.13. The molecule has 41 heavy (non-hydrogen) atoms. The number of carbonyl (C=O) groups is 1. The van der Waals surface area contributed by atoms with Crippen LogP contribution >= 0.6 is 23.2 Å². The van der Waals surface area contributed by atoms with E-state index >= 15 is 0 Å². The van der Waals surface area contributed by atoms with Crippen LogP contribution in [0.5, 0.6) is 17.2 Å². The highest BCUT2D eigenvalue weighted by Crippen LogP contribution is 2.37.